The molecular weight excluding hydrogens is 352 g/mol. The fourth-order valence-electron chi connectivity index (χ4n) is 3.20. The standard InChI is InChI=1S/C19H20N2O4S/c1-25-16-6-4-15(5-7-16)20-26(23,24)17-8-9-18-14(12-17)10-11-21(18)19(22)13-2-3-13/h4-9,12-13,20H,2-3,10-11H2,1H3. The molecule has 6 nitrogen and oxygen atoms in total. The third kappa shape index (κ3) is 3.14. The molecule has 0 bridgehead atoms. The number of hydrogen-bond acceptors (Lipinski definition) is 4. The highest BCUT2D eigenvalue weighted by Gasteiger charge is 2.36. The summed E-state index contributed by atoms with van der Waals surface area (Å²) in [5, 5.41) is 0. The fourth-order valence-corrected chi connectivity index (χ4v) is 4.31. The molecule has 1 aliphatic heterocycles. The number of benzene rings is 2. The second kappa shape index (κ2) is 6.32. The molecule has 7 heteroatoms. The lowest BCUT2D eigenvalue weighted by Gasteiger charge is -2.17. The number of ether oxygens (including phenoxy) is 1. The highest BCUT2D eigenvalue weighted by Crippen LogP contribution is 2.37. The van der Waals surface area contributed by atoms with Crippen molar-refractivity contribution >= 4 is 27.3 Å². The number of nitrogens with one attached hydrogen (secondary N) is 1. The van der Waals surface area contributed by atoms with Crippen LogP contribution in [0, 0.1) is 5.92 Å². The van der Waals surface area contributed by atoms with Gasteiger partial charge in [0.1, 0.15) is 5.75 Å². The van der Waals surface area contributed by atoms with E-state index in [4.69, 9.17) is 4.74 Å². The minimum atomic E-state index is -3.69. The predicted octanol–water partition coefficient (Wildman–Crippen LogP) is 2.80. The second-order valence-electron chi connectivity index (χ2n) is 6.64. The minimum Gasteiger partial charge on any atom is -0.497 e. The molecule has 0 saturated heterocycles. The van der Waals surface area contributed by atoms with Crippen molar-refractivity contribution in [2.24, 2.45) is 5.92 Å². The van der Waals surface area contributed by atoms with Crippen molar-refractivity contribution in [1.29, 1.82) is 0 Å². The van der Waals surface area contributed by atoms with Gasteiger partial charge in [0.2, 0.25) is 5.91 Å². The molecule has 0 radical (unpaired) electrons. The highest BCUT2D eigenvalue weighted by molar-refractivity contribution is 7.92. The normalized spacial score (nSPS) is 16.3. The summed E-state index contributed by atoms with van der Waals surface area (Å²) in [6.45, 7) is 0.625. The molecule has 136 valence electrons. The van der Waals surface area contributed by atoms with E-state index in [9.17, 15) is 13.2 Å². The zero-order valence-corrected chi connectivity index (χ0v) is 15.3. The molecule has 1 heterocycles. The summed E-state index contributed by atoms with van der Waals surface area (Å²) in [6.07, 6.45) is 2.60. The van der Waals surface area contributed by atoms with Gasteiger partial charge in [-0.15, -0.1) is 0 Å². The zero-order valence-electron chi connectivity index (χ0n) is 14.4. The Balaban J connectivity index is 1.56. The SMILES string of the molecule is COc1ccc(NS(=O)(=O)c2ccc3c(c2)CCN3C(=O)C2CC2)cc1. The van der Waals surface area contributed by atoms with Gasteiger partial charge in [-0.1, -0.05) is 0 Å². The molecule has 0 unspecified atom stereocenters. The average molecular weight is 372 g/mol. The monoisotopic (exact) mass is 372 g/mol. The van der Waals surface area contributed by atoms with Gasteiger partial charge in [-0.3, -0.25) is 9.52 Å². The van der Waals surface area contributed by atoms with Crippen molar-refractivity contribution in [3.8, 4) is 5.75 Å². The molecule has 2 aromatic carbocycles. The van der Waals surface area contributed by atoms with Crippen LogP contribution in [0.2, 0.25) is 0 Å². The van der Waals surface area contributed by atoms with Gasteiger partial charge < -0.3 is 9.64 Å². The Kier molecular flexibility index (Phi) is 4.11. The smallest absolute Gasteiger partial charge is 0.261 e. The van der Waals surface area contributed by atoms with Gasteiger partial charge in [0.15, 0.2) is 0 Å². The van der Waals surface area contributed by atoms with Crippen LogP contribution in [0.4, 0.5) is 11.4 Å². The van der Waals surface area contributed by atoms with Crippen LogP contribution in [-0.4, -0.2) is 28.0 Å². The summed E-state index contributed by atoms with van der Waals surface area (Å²) in [4.78, 5) is 14.3. The van der Waals surface area contributed by atoms with Gasteiger partial charge in [-0.2, -0.15) is 0 Å². The molecule has 4 rings (SSSR count). The Hall–Kier alpha value is -2.54. The Morgan fingerprint density at radius 1 is 1.15 bits per heavy atom. The third-order valence-electron chi connectivity index (χ3n) is 4.79. The Bertz CT molecular complexity index is 950. The van der Waals surface area contributed by atoms with Gasteiger partial charge in [0.25, 0.3) is 10.0 Å². The topological polar surface area (TPSA) is 75.7 Å². The second-order valence-corrected chi connectivity index (χ2v) is 8.32. The van der Waals surface area contributed by atoms with Crippen LogP contribution in [0.3, 0.4) is 0 Å². The zero-order chi connectivity index (χ0) is 18.3. The van der Waals surface area contributed by atoms with Gasteiger partial charge in [-0.25, -0.2) is 8.42 Å². The first kappa shape index (κ1) is 16.9. The molecule has 1 N–H and O–H groups in total. The molecule has 1 saturated carbocycles. The molecule has 1 fully saturated rings. The van der Waals surface area contributed by atoms with Crippen molar-refractivity contribution in [2.45, 2.75) is 24.2 Å². The number of nitrogens with zero attached hydrogens (tertiary/aromatic N) is 1. The van der Waals surface area contributed by atoms with Gasteiger partial charge in [0, 0.05) is 23.8 Å². The van der Waals surface area contributed by atoms with E-state index >= 15 is 0 Å². The Morgan fingerprint density at radius 2 is 1.88 bits per heavy atom. The van der Waals surface area contributed by atoms with Gasteiger partial charge in [-0.05, 0) is 67.3 Å². The van der Waals surface area contributed by atoms with Crippen molar-refractivity contribution < 1.29 is 17.9 Å². The number of carbonyl (C=O) groups is 1. The highest BCUT2D eigenvalue weighted by atomic mass is 32.2. The number of methoxy groups -OCH3 is 1. The number of hydrogen-bond donors (Lipinski definition) is 1. The Labute approximate surface area is 152 Å². The summed E-state index contributed by atoms with van der Waals surface area (Å²) in [5.74, 6) is 0.975. The average Bonchev–Trinajstić information content (AvgIpc) is 3.40. The van der Waals surface area contributed by atoms with Crippen molar-refractivity contribution in [3.05, 3.63) is 48.0 Å². The summed E-state index contributed by atoms with van der Waals surface area (Å²) < 4.78 is 33.0. The largest absolute Gasteiger partial charge is 0.497 e. The molecule has 1 aliphatic carbocycles. The quantitative estimate of drug-likeness (QED) is 0.876. The van der Waals surface area contributed by atoms with Crippen LogP contribution in [0.25, 0.3) is 0 Å². The van der Waals surface area contributed by atoms with Crippen LogP contribution < -0.4 is 14.4 Å². The molecule has 2 aliphatic rings. The molecule has 0 atom stereocenters. The third-order valence-corrected chi connectivity index (χ3v) is 6.17. The van der Waals surface area contributed by atoms with Crippen LogP contribution in [0.5, 0.6) is 5.75 Å². The first-order valence-corrected chi connectivity index (χ1v) is 10.1. The summed E-state index contributed by atoms with van der Waals surface area (Å²) in [7, 11) is -2.13. The Morgan fingerprint density at radius 3 is 2.54 bits per heavy atom. The maximum atomic E-state index is 12.7. The number of fused-ring (bicyclic) bond motifs is 1. The van der Waals surface area contributed by atoms with Crippen molar-refractivity contribution in [1.82, 2.24) is 0 Å². The number of amides is 1. The molecule has 0 aromatic heterocycles. The van der Waals surface area contributed by atoms with E-state index in [0.29, 0.717) is 24.4 Å². The molecule has 2 aromatic rings. The van der Waals surface area contributed by atoms with Crippen molar-refractivity contribution in [3.63, 3.8) is 0 Å². The van der Waals surface area contributed by atoms with E-state index in [2.05, 4.69) is 4.72 Å². The van der Waals surface area contributed by atoms with E-state index in [1.807, 2.05) is 0 Å². The number of carbonyl (C=O) groups excluding carboxylic acids is 1. The minimum absolute atomic E-state index is 0.154. The van der Waals surface area contributed by atoms with E-state index in [0.717, 1.165) is 24.1 Å². The van der Waals surface area contributed by atoms with E-state index in [1.54, 1.807) is 54.5 Å². The summed E-state index contributed by atoms with van der Waals surface area (Å²) >= 11 is 0. The lowest BCUT2D eigenvalue weighted by atomic mass is 10.2. The lowest BCUT2D eigenvalue weighted by molar-refractivity contribution is -0.119. The van der Waals surface area contributed by atoms with Crippen LogP contribution in [0.15, 0.2) is 47.4 Å². The van der Waals surface area contributed by atoms with Gasteiger partial charge in [0.05, 0.1) is 12.0 Å². The number of rotatable bonds is 5. The maximum Gasteiger partial charge on any atom is 0.261 e. The van der Waals surface area contributed by atoms with Crippen LogP contribution >= 0.6 is 0 Å². The van der Waals surface area contributed by atoms with Gasteiger partial charge >= 0.3 is 0 Å². The first-order valence-electron chi connectivity index (χ1n) is 8.59. The van der Waals surface area contributed by atoms with E-state index in [-0.39, 0.29) is 16.7 Å². The summed E-state index contributed by atoms with van der Waals surface area (Å²) in [5.41, 5.74) is 2.21. The number of sulfonamides is 1. The molecule has 0 spiro atoms. The summed E-state index contributed by atoms with van der Waals surface area (Å²) in [6, 6.07) is 11.7. The van der Waals surface area contributed by atoms with Crippen LogP contribution in [-0.2, 0) is 21.2 Å². The maximum absolute atomic E-state index is 12.7. The van der Waals surface area contributed by atoms with Crippen LogP contribution in [0.1, 0.15) is 18.4 Å². The van der Waals surface area contributed by atoms with E-state index in [1.165, 1.54) is 0 Å². The first-order chi connectivity index (χ1) is 12.5. The fraction of sp³-hybridized carbons (Fsp3) is 0.316. The van der Waals surface area contributed by atoms with E-state index < -0.39 is 10.0 Å². The molecular formula is C19H20N2O4S. The molecule has 26 heavy (non-hydrogen) atoms. The number of anilines is 2. The van der Waals surface area contributed by atoms with Crippen molar-refractivity contribution in [2.75, 3.05) is 23.3 Å². The molecule has 1 amide bonds. The lowest BCUT2D eigenvalue weighted by Crippen LogP contribution is -2.30. The predicted molar refractivity (Wildman–Crippen MR) is 99.0 cm³/mol.